The molecule has 0 aliphatic carbocycles. The van der Waals surface area contributed by atoms with Crippen LogP contribution in [0.1, 0.15) is 22.5 Å². The number of aromatic nitrogens is 1. The van der Waals surface area contributed by atoms with Gasteiger partial charge in [-0.15, -0.1) is 11.3 Å². The van der Waals surface area contributed by atoms with Crippen molar-refractivity contribution in [2.45, 2.75) is 18.9 Å². The summed E-state index contributed by atoms with van der Waals surface area (Å²) in [6.45, 7) is 3.31. The number of carbonyl (C=O) groups is 1. The zero-order valence-corrected chi connectivity index (χ0v) is 13.6. The van der Waals surface area contributed by atoms with Crippen LogP contribution in [0.5, 0.6) is 5.75 Å². The number of amides is 1. The Balaban J connectivity index is 1.46. The highest BCUT2D eigenvalue weighted by atomic mass is 32.1. The topological polar surface area (TPSA) is 65.5 Å². The average molecular weight is 329 g/mol. The van der Waals surface area contributed by atoms with Crippen LogP contribution >= 0.6 is 11.3 Å². The van der Waals surface area contributed by atoms with Gasteiger partial charge in [0.1, 0.15) is 15.6 Å². The number of phenols is 1. The van der Waals surface area contributed by atoms with E-state index >= 15 is 0 Å². The molecule has 3 fully saturated rings. The van der Waals surface area contributed by atoms with Gasteiger partial charge in [-0.3, -0.25) is 4.79 Å². The lowest BCUT2D eigenvalue weighted by Crippen LogP contribution is -2.57. The fourth-order valence-electron chi connectivity index (χ4n) is 3.48. The zero-order chi connectivity index (χ0) is 15.8. The van der Waals surface area contributed by atoms with Crippen molar-refractivity contribution in [3.05, 3.63) is 35.3 Å². The van der Waals surface area contributed by atoms with Gasteiger partial charge in [-0.1, -0.05) is 0 Å². The first-order valence-electron chi connectivity index (χ1n) is 7.97. The first-order valence-corrected chi connectivity index (χ1v) is 8.79. The molecule has 2 N–H and O–H groups in total. The summed E-state index contributed by atoms with van der Waals surface area (Å²) >= 11 is 1.39. The third-order valence-corrected chi connectivity index (χ3v) is 5.86. The molecule has 2 aromatic rings. The Morgan fingerprint density at radius 2 is 2.00 bits per heavy atom. The SMILES string of the molecule is O=C(NC1CN2CCC1CC2)c1cnc(-c2ccc(O)cc2)s1. The standard InChI is InChI=1S/C17H19N3O2S/c21-13-3-1-12(2-4-13)17-18-9-15(23-17)16(22)19-14-10-20-7-5-11(14)6-8-20/h1-4,9,11,14,21H,5-8,10H2,(H,19,22). The van der Waals surface area contributed by atoms with Crippen LogP contribution in [0.25, 0.3) is 10.6 Å². The summed E-state index contributed by atoms with van der Waals surface area (Å²) in [5.41, 5.74) is 0.912. The monoisotopic (exact) mass is 329 g/mol. The van der Waals surface area contributed by atoms with E-state index in [0.29, 0.717) is 10.8 Å². The second-order valence-electron chi connectivity index (χ2n) is 6.29. The summed E-state index contributed by atoms with van der Waals surface area (Å²) in [5, 5.41) is 13.3. The number of nitrogens with one attached hydrogen (secondary N) is 1. The van der Waals surface area contributed by atoms with E-state index in [2.05, 4.69) is 15.2 Å². The van der Waals surface area contributed by atoms with Crippen molar-refractivity contribution in [3.8, 4) is 16.3 Å². The maximum absolute atomic E-state index is 12.5. The van der Waals surface area contributed by atoms with Gasteiger partial charge < -0.3 is 15.3 Å². The molecule has 1 atom stereocenters. The minimum atomic E-state index is -0.0220. The first kappa shape index (κ1) is 14.7. The van der Waals surface area contributed by atoms with Crippen LogP contribution in [-0.2, 0) is 0 Å². The average Bonchev–Trinajstić information content (AvgIpc) is 3.07. The van der Waals surface area contributed by atoms with Gasteiger partial charge in [0.05, 0.1) is 6.20 Å². The predicted molar refractivity (Wildman–Crippen MR) is 89.6 cm³/mol. The molecule has 6 heteroatoms. The van der Waals surface area contributed by atoms with Crippen LogP contribution in [0.2, 0.25) is 0 Å². The maximum atomic E-state index is 12.5. The Labute approximate surface area is 139 Å². The molecule has 2 bridgehead atoms. The number of hydrogen-bond donors (Lipinski definition) is 2. The molecule has 120 valence electrons. The number of aromatic hydroxyl groups is 1. The Kier molecular flexibility index (Phi) is 3.79. The van der Waals surface area contributed by atoms with E-state index in [0.717, 1.165) is 17.1 Å². The molecule has 0 radical (unpaired) electrons. The van der Waals surface area contributed by atoms with Gasteiger partial charge in [-0.2, -0.15) is 0 Å². The van der Waals surface area contributed by atoms with Crippen molar-refractivity contribution >= 4 is 17.2 Å². The summed E-state index contributed by atoms with van der Waals surface area (Å²) in [5.74, 6) is 0.824. The molecule has 3 saturated heterocycles. The largest absolute Gasteiger partial charge is 0.508 e. The Hall–Kier alpha value is -1.92. The number of piperidine rings is 3. The smallest absolute Gasteiger partial charge is 0.263 e. The number of carbonyl (C=O) groups excluding carboxylic acids is 1. The van der Waals surface area contributed by atoms with Crippen molar-refractivity contribution in [2.24, 2.45) is 5.92 Å². The van der Waals surface area contributed by atoms with Gasteiger partial charge in [0.15, 0.2) is 0 Å². The molecule has 0 spiro atoms. The van der Waals surface area contributed by atoms with Crippen molar-refractivity contribution < 1.29 is 9.90 Å². The van der Waals surface area contributed by atoms with Crippen LogP contribution in [0.4, 0.5) is 0 Å². The predicted octanol–water partition coefficient (Wildman–Crippen LogP) is 2.34. The normalized spacial score (nSPS) is 26.2. The van der Waals surface area contributed by atoms with Gasteiger partial charge >= 0.3 is 0 Å². The molecule has 5 nitrogen and oxygen atoms in total. The van der Waals surface area contributed by atoms with E-state index in [1.807, 2.05) is 12.1 Å². The molecule has 1 aromatic carbocycles. The number of rotatable bonds is 3. The van der Waals surface area contributed by atoms with E-state index in [-0.39, 0.29) is 17.7 Å². The fourth-order valence-corrected chi connectivity index (χ4v) is 4.31. The van der Waals surface area contributed by atoms with Gasteiger partial charge in [0.2, 0.25) is 0 Å². The van der Waals surface area contributed by atoms with Crippen molar-refractivity contribution in [1.29, 1.82) is 0 Å². The van der Waals surface area contributed by atoms with E-state index in [9.17, 15) is 9.90 Å². The second kappa shape index (κ2) is 5.94. The number of fused-ring (bicyclic) bond motifs is 3. The van der Waals surface area contributed by atoms with E-state index < -0.39 is 0 Å². The van der Waals surface area contributed by atoms with Crippen molar-refractivity contribution in [2.75, 3.05) is 19.6 Å². The fraction of sp³-hybridized carbons (Fsp3) is 0.412. The molecular formula is C17H19N3O2S. The zero-order valence-electron chi connectivity index (χ0n) is 12.7. The summed E-state index contributed by atoms with van der Waals surface area (Å²) in [4.78, 5) is 19.9. The molecular weight excluding hydrogens is 310 g/mol. The van der Waals surface area contributed by atoms with Gasteiger partial charge in [-0.25, -0.2) is 4.98 Å². The van der Waals surface area contributed by atoms with E-state index in [4.69, 9.17) is 0 Å². The molecule has 3 aliphatic rings. The summed E-state index contributed by atoms with van der Waals surface area (Å²) in [6, 6.07) is 7.14. The van der Waals surface area contributed by atoms with Crippen LogP contribution in [0, 0.1) is 5.92 Å². The highest BCUT2D eigenvalue weighted by Gasteiger charge is 2.35. The lowest BCUT2D eigenvalue weighted by atomic mass is 9.84. The van der Waals surface area contributed by atoms with Crippen LogP contribution in [0.15, 0.2) is 30.5 Å². The van der Waals surface area contributed by atoms with Gasteiger partial charge in [0.25, 0.3) is 5.91 Å². The highest BCUT2D eigenvalue weighted by Crippen LogP contribution is 2.29. The lowest BCUT2D eigenvalue weighted by Gasteiger charge is -2.44. The third kappa shape index (κ3) is 2.96. The van der Waals surface area contributed by atoms with Gasteiger partial charge in [-0.05, 0) is 56.1 Å². The molecule has 5 rings (SSSR count). The number of nitrogens with zero attached hydrogens (tertiary/aromatic N) is 2. The van der Waals surface area contributed by atoms with Gasteiger partial charge in [0, 0.05) is 18.2 Å². The summed E-state index contributed by atoms with van der Waals surface area (Å²) in [7, 11) is 0. The molecule has 1 aromatic heterocycles. The third-order valence-electron chi connectivity index (χ3n) is 4.82. The number of benzene rings is 1. The van der Waals surface area contributed by atoms with Crippen molar-refractivity contribution in [3.63, 3.8) is 0 Å². The Morgan fingerprint density at radius 1 is 1.26 bits per heavy atom. The second-order valence-corrected chi connectivity index (χ2v) is 7.33. The summed E-state index contributed by atoms with van der Waals surface area (Å²) < 4.78 is 0. The van der Waals surface area contributed by atoms with Crippen molar-refractivity contribution in [1.82, 2.24) is 15.2 Å². The first-order chi connectivity index (χ1) is 11.2. The summed E-state index contributed by atoms with van der Waals surface area (Å²) in [6.07, 6.45) is 4.02. The number of phenolic OH excluding ortho intramolecular Hbond substituents is 1. The van der Waals surface area contributed by atoms with Crippen LogP contribution in [-0.4, -0.2) is 46.6 Å². The number of hydrogen-bond acceptors (Lipinski definition) is 5. The number of thiazole rings is 1. The maximum Gasteiger partial charge on any atom is 0.263 e. The van der Waals surface area contributed by atoms with E-state index in [1.165, 1.54) is 37.3 Å². The molecule has 4 heterocycles. The Morgan fingerprint density at radius 3 is 2.65 bits per heavy atom. The van der Waals surface area contributed by atoms with Crippen LogP contribution in [0.3, 0.4) is 0 Å². The van der Waals surface area contributed by atoms with Crippen LogP contribution < -0.4 is 5.32 Å². The lowest BCUT2D eigenvalue weighted by molar-refractivity contribution is 0.0622. The molecule has 1 amide bonds. The molecule has 0 saturated carbocycles. The molecule has 3 aliphatic heterocycles. The minimum absolute atomic E-state index is 0.0220. The highest BCUT2D eigenvalue weighted by molar-refractivity contribution is 7.16. The quantitative estimate of drug-likeness (QED) is 0.907. The minimum Gasteiger partial charge on any atom is -0.508 e. The molecule has 23 heavy (non-hydrogen) atoms. The Bertz CT molecular complexity index is 705. The molecule has 1 unspecified atom stereocenters. The van der Waals surface area contributed by atoms with E-state index in [1.54, 1.807) is 18.3 Å².